The van der Waals surface area contributed by atoms with Crippen LogP contribution in [0.15, 0.2) is 77.0 Å². The summed E-state index contributed by atoms with van der Waals surface area (Å²) in [6.45, 7) is 0. The molecule has 0 amide bonds. The van der Waals surface area contributed by atoms with Crippen LogP contribution in [0.3, 0.4) is 0 Å². The van der Waals surface area contributed by atoms with Crippen molar-refractivity contribution < 1.29 is 0 Å². The second-order valence-corrected chi connectivity index (χ2v) is 7.21. The summed E-state index contributed by atoms with van der Waals surface area (Å²) in [6.07, 6.45) is 2.09. The smallest absolute Gasteiger partial charge is 0.138 e. The number of H-pyrrole nitrogens is 1. The van der Waals surface area contributed by atoms with Crippen LogP contribution in [0.2, 0.25) is 0 Å². The van der Waals surface area contributed by atoms with Crippen molar-refractivity contribution in [3.05, 3.63) is 72.1 Å². The first-order valence-corrected chi connectivity index (χ1v) is 9.79. The minimum Gasteiger partial charge on any atom is -0.337 e. The van der Waals surface area contributed by atoms with Gasteiger partial charge in [0.15, 0.2) is 0 Å². The highest BCUT2D eigenvalue weighted by Crippen LogP contribution is 2.35. The molecule has 1 N–H and O–H groups in total. The Kier molecular flexibility index (Phi) is 4.24. The molecule has 0 saturated carbocycles. The van der Waals surface area contributed by atoms with Gasteiger partial charge in [0.2, 0.25) is 0 Å². The van der Waals surface area contributed by atoms with Crippen molar-refractivity contribution >= 4 is 23.1 Å². The standard InChI is InChI=1S/C20H16N2S2/c1-23-16-11-9-15(10-12-16)20-21-18(14-6-3-2-4-7-14)19(22-20)17-8-5-13-24-17/h2-13H,1H3,(H,21,22). The van der Waals surface area contributed by atoms with E-state index in [4.69, 9.17) is 4.98 Å². The minimum atomic E-state index is 0.907. The molecule has 0 radical (unpaired) electrons. The maximum atomic E-state index is 4.91. The van der Waals surface area contributed by atoms with Crippen molar-refractivity contribution in [3.8, 4) is 33.2 Å². The van der Waals surface area contributed by atoms with Crippen molar-refractivity contribution in [1.29, 1.82) is 0 Å². The number of hydrogen-bond acceptors (Lipinski definition) is 3. The molecule has 0 aliphatic heterocycles. The zero-order valence-electron chi connectivity index (χ0n) is 13.2. The number of nitrogens with one attached hydrogen (secondary N) is 1. The van der Waals surface area contributed by atoms with Gasteiger partial charge in [-0.2, -0.15) is 0 Å². The molecule has 0 fully saturated rings. The van der Waals surface area contributed by atoms with Crippen LogP contribution < -0.4 is 0 Å². The van der Waals surface area contributed by atoms with Crippen molar-refractivity contribution in [1.82, 2.24) is 9.97 Å². The Bertz CT molecular complexity index is 924. The first kappa shape index (κ1) is 15.2. The number of aromatic nitrogens is 2. The van der Waals surface area contributed by atoms with Crippen LogP contribution in [0.1, 0.15) is 0 Å². The average molecular weight is 348 g/mol. The highest BCUT2D eigenvalue weighted by Gasteiger charge is 2.15. The maximum absolute atomic E-state index is 4.91. The van der Waals surface area contributed by atoms with Crippen LogP contribution in [0.4, 0.5) is 0 Å². The first-order valence-electron chi connectivity index (χ1n) is 7.69. The van der Waals surface area contributed by atoms with Crippen LogP contribution in [-0.2, 0) is 0 Å². The predicted molar refractivity (Wildman–Crippen MR) is 105 cm³/mol. The van der Waals surface area contributed by atoms with Crippen LogP contribution in [0.25, 0.3) is 33.2 Å². The normalized spacial score (nSPS) is 10.9. The Hall–Kier alpha value is -2.30. The van der Waals surface area contributed by atoms with Crippen LogP contribution in [0, 0.1) is 0 Å². The minimum absolute atomic E-state index is 0.907. The van der Waals surface area contributed by atoms with E-state index in [1.807, 2.05) is 6.07 Å². The Morgan fingerprint density at radius 3 is 2.33 bits per heavy atom. The van der Waals surface area contributed by atoms with Gasteiger partial charge < -0.3 is 4.98 Å². The first-order chi connectivity index (χ1) is 11.8. The Balaban J connectivity index is 1.85. The lowest BCUT2D eigenvalue weighted by atomic mass is 10.1. The van der Waals surface area contributed by atoms with E-state index in [2.05, 4.69) is 77.3 Å². The van der Waals surface area contributed by atoms with Crippen molar-refractivity contribution in [3.63, 3.8) is 0 Å². The summed E-state index contributed by atoms with van der Waals surface area (Å²) in [7, 11) is 0. The average Bonchev–Trinajstić information content (AvgIpc) is 3.32. The molecule has 0 spiro atoms. The number of rotatable bonds is 4. The molecule has 118 valence electrons. The number of thioether (sulfide) groups is 1. The molecule has 4 aromatic rings. The highest BCUT2D eigenvalue weighted by atomic mass is 32.2. The number of imidazole rings is 1. The lowest BCUT2D eigenvalue weighted by molar-refractivity contribution is 1.30. The van der Waals surface area contributed by atoms with E-state index in [1.54, 1.807) is 23.1 Å². The summed E-state index contributed by atoms with van der Waals surface area (Å²) in [5.41, 5.74) is 4.32. The number of benzene rings is 2. The third-order valence-electron chi connectivity index (χ3n) is 3.88. The molecule has 2 nitrogen and oxygen atoms in total. The fourth-order valence-corrected chi connectivity index (χ4v) is 3.80. The Labute approximate surface area is 149 Å². The van der Waals surface area contributed by atoms with Gasteiger partial charge in [0.25, 0.3) is 0 Å². The third-order valence-corrected chi connectivity index (χ3v) is 5.51. The summed E-state index contributed by atoms with van der Waals surface area (Å²) >= 11 is 3.47. The van der Waals surface area contributed by atoms with E-state index >= 15 is 0 Å². The molecule has 24 heavy (non-hydrogen) atoms. The summed E-state index contributed by atoms with van der Waals surface area (Å²) in [6, 6.07) is 23.1. The van der Waals surface area contributed by atoms with Gasteiger partial charge in [-0.25, -0.2) is 4.98 Å². The maximum Gasteiger partial charge on any atom is 0.138 e. The van der Waals surface area contributed by atoms with E-state index < -0.39 is 0 Å². The molecule has 0 aliphatic rings. The molecule has 0 unspecified atom stereocenters. The molecule has 4 heteroatoms. The van der Waals surface area contributed by atoms with Crippen molar-refractivity contribution in [2.45, 2.75) is 4.90 Å². The fraction of sp³-hybridized carbons (Fsp3) is 0.0500. The van der Waals surface area contributed by atoms with Crippen molar-refractivity contribution in [2.75, 3.05) is 6.26 Å². The van der Waals surface area contributed by atoms with Gasteiger partial charge >= 0.3 is 0 Å². The summed E-state index contributed by atoms with van der Waals surface area (Å²) in [5, 5.41) is 2.10. The van der Waals surface area contributed by atoms with Gasteiger partial charge in [-0.15, -0.1) is 23.1 Å². The molecule has 4 rings (SSSR count). The monoisotopic (exact) mass is 348 g/mol. The lowest BCUT2D eigenvalue weighted by Crippen LogP contribution is -1.81. The zero-order valence-corrected chi connectivity index (χ0v) is 14.8. The van der Waals surface area contributed by atoms with Gasteiger partial charge in [-0.05, 0) is 29.8 Å². The van der Waals surface area contributed by atoms with E-state index in [9.17, 15) is 0 Å². The molecule has 0 bridgehead atoms. The van der Waals surface area contributed by atoms with Crippen LogP contribution >= 0.6 is 23.1 Å². The molecule has 2 heterocycles. The van der Waals surface area contributed by atoms with Gasteiger partial charge in [0, 0.05) is 16.0 Å². The molecule has 0 saturated heterocycles. The number of nitrogens with zero attached hydrogens (tertiary/aromatic N) is 1. The fourth-order valence-electron chi connectivity index (χ4n) is 2.66. The van der Waals surface area contributed by atoms with E-state index in [1.165, 1.54) is 9.77 Å². The van der Waals surface area contributed by atoms with Crippen LogP contribution in [0.5, 0.6) is 0 Å². The number of aromatic amines is 1. The van der Waals surface area contributed by atoms with E-state index in [0.717, 1.165) is 28.3 Å². The molecule has 2 aromatic carbocycles. The third kappa shape index (κ3) is 2.90. The predicted octanol–water partition coefficient (Wildman–Crippen LogP) is 6.19. The summed E-state index contributed by atoms with van der Waals surface area (Å²) < 4.78 is 0. The summed E-state index contributed by atoms with van der Waals surface area (Å²) in [5.74, 6) is 0.907. The Morgan fingerprint density at radius 2 is 1.67 bits per heavy atom. The van der Waals surface area contributed by atoms with E-state index in [-0.39, 0.29) is 0 Å². The van der Waals surface area contributed by atoms with Gasteiger partial charge in [0.1, 0.15) is 5.82 Å². The largest absolute Gasteiger partial charge is 0.337 e. The molecule has 0 atom stereocenters. The number of thiophene rings is 1. The molecular weight excluding hydrogens is 332 g/mol. The SMILES string of the molecule is CSc1ccc(-c2nc(-c3ccccc3)c(-c3cccs3)[nH]2)cc1. The van der Waals surface area contributed by atoms with Crippen LogP contribution in [-0.4, -0.2) is 16.2 Å². The van der Waals surface area contributed by atoms with Gasteiger partial charge in [-0.3, -0.25) is 0 Å². The molecule has 0 aliphatic carbocycles. The van der Waals surface area contributed by atoms with Gasteiger partial charge in [-0.1, -0.05) is 48.5 Å². The lowest BCUT2D eigenvalue weighted by Gasteiger charge is -1.99. The van der Waals surface area contributed by atoms with Crippen molar-refractivity contribution in [2.24, 2.45) is 0 Å². The number of hydrogen-bond donors (Lipinski definition) is 1. The summed E-state index contributed by atoms with van der Waals surface area (Å²) in [4.78, 5) is 10.9. The van der Waals surface area contributed by atoms with Gasteiger partial charge in [0.05, 0.1) is 16.3 Å². The molecular formula is C20H16N2S2. The molecule has 2 aromatic heterocycles. The Morgan fingerprint density at radius 1 is 0.875 bits per heavy atom. The zero-order chi connectivity index (χ0) is 16.4. The topological polar surface area (TPSA) is 28.7 Å². The second kappa shape index (κ2) is 6.67. The second-order valence-electron chi connectivity index (χ2n) is 5.38. The van der Waals surface area contributed by atoms with E-state index in [0.29, 0.717) is 0 Å². The quantitative estimate of drug-likeness (QED) is 0.445. The highest BCUT2D eigenvalue weighted by molar-refractivity contribution is 7.98.